The molecule has 0 saturated carbocycles. The van der Waals surface area contributed by atoms with Crippen molar-refractivity contribution >= 4 is 12.1 Å². The minimum absolute atomic E-state index is 0.0604. The molecule has 5 nitrogen and oxygen atoms in total. The third-order valence-electron chi connectivity index (χ3n) is 8.36. The molecule has 2 heterocycles. The lowest BCUT2D eigenvalue weighted by Gasteiger charge is -2.40. The molecule has 4 rings (SSSR count). The van der Waals surface area contributed by atoms with Crippen LogP contribution in [0.1, 0.15) is 77.3 Å². The zero-order valence-corrected chi connectivity index (χ0v) is 23.9. The molecule has 1 fully saturated rings. The zero-order chi connectivity index (χ0) is 27.3. The molecule has 1 aliphatic carbocycles. The zero-order valence-electron chi connectivity index (χ0n) is 23.9. The summed E-state index contributed by atoms with van der Waals surface area (Å²) in [5, 5.41) is 13.6. The molecule has 38 heavy (non-hydrogen) atoms. The summed E-state index contributed by atoms with van der Waals surface area (Å²) in [6, 6.07) is 8.71. The van der Waals surface area contributed by atoms with Gasteiger partial charge in [-0.1, -0.05) is 42.0 Å². The van der Waals surface area contributed by atoms with E-state index in [1.54, 1.807) is 6.21 Å². The van der Waals surface area contributed by atoms with Crippen molar-refractivity contribution in [2.75, 3.05) is 13.1 Å². The van der Waals surface area contributed by atoms with Gasteiger partial charge < -0.3 is 15.3 Å². The summed E-state index contributed by atoms with van der Waals surface area (Å²) in [5.74, 6) is 0.259. The molecule has 5 heteroatoms. The highest BCUT2D eigenvalue weighted by Gasteiger charge is 2.31. The number of aryl methyl sites for hydroxylation is 2. The van der Waals surface area contributed by atoms with E-state index in [0.717, 1.165) is 69.3 Å². The summed E-state index contributed by atoms with van der Waals surface area (Å²) in [6.45, 7) is 12.0. The topological polar surface area (TPSA) is 64.9 Å². The van der Waals surface area contributed by atoms with Crippen LogP contribution in [-0.4, -0.2) is 46.9 Å². The van der Waals surface area contributed by atoms with Crippen LogP contribution in [0.25, 0.3) is 0 Å². The average Bonchev–Trinajstić information content (AvgIpc) is 3.28. The van der Waals surface area contributed by atoms with Crippen LogP contribution in [0, 0.1) is 12.8 Å². The summed E-state index contributed by atoms with van der Waals surface area (Å²) in [5.41, 5.74) is 6.98. The minimum atomic E-state index is -0.625. The van der Waals surface area contributed by atoms with Crippen LogP contribution >= 0.6 is 0 Å². The summed E-state index contributed by atoms with van der Waals surface area (Å²) in [4.78, 5) is 20.4. The first kappa shape index (κ1) is 28.1. The smallest absolute Gasteiger partial charge is 0.257 e. The number of aliphatic hydroxyl groups is 1. The Kier molecular flexibility index (Phi) is 9.09. The van der Waals surface area contributed by atoms with E-state index in [2.05, 4.69) is 71.6 Å². The number of rotatable bonds is 7. The molecule has 1 unspecified atom stereocenters. The first-order chi connectivity index (χ1) is 18.1. The molecule has 0 spiro atoms. The van der Waals surface area contributed by atoms with Crippen molar-refractivity contribution in [1.29, 1.82) is 0 Å². The number of hydrogen-bond acceptors (Lipinski definition) is 4. The number of likely N-dealkylation sites (tertiary alicyclic amines) is 1. The summed E-state index contributed by atoms with van der Waals surface area (Å²) in [7, 11) is 0. The second-order valence-corrected chi connectivity index (χ2v) is 11.8. The summed E-state index contributed by atoms with van der Waals surface area (Å²) in [6.07, 6.45) is 15.2. The minimum Gasteiger partial charge on any atom is -0.390 e. The lowest BCUT2D eigenvalue weighted by Crippen LogP contribution is -2.41. The third-order valence-corrected chi connectivity index (χ3v) is 8.36. The van der Waals surface area contributed by atoms with Gasteiger partial charge in [0, 0.05) is 30.7 Å². The first-order valence-electron chi connectivity index (χ1n) is 14.3. The van der Waals surface area contributed by atoms with Crippen LogP contribution in [0.4, 0.5) is 0 Å². The number of piperidine rings is 1. The van der Waals surface area contributed by atoms with E-state index in [0.29, 0.717) is 11.5 Å². The fourth-order valence-electron chi connectivity index (χ4n) is 5.78. The fraction of sp³-hybridized carbons (Fsp3) is 0.515. The SMILES string of the molecule is CC1=C(C(=O)NC2=C/CCC/C=C(N3CCC(C(C)(C)O)CC3)/C(C)=C\2)C=NC1CCc1ccc(C)cc1. The van der Waals surface area contributed by atoms with E-state index >= 15 is 0 Å². The molecule has 1 amide bonds. The highest BCUT2D eigenvalue weighted by Crippen LogP contribution is 2.31. The van der Waals surface area contributed by atoms with E-state index in [1.807, 2.05) is 20.8 Å². The van der Waals surface area contributed by atoms with Crippen LogP contribution in [0.5, 0.6) is 0 Å². The van der Waals surface area contributed by atoms with Gasteiger partial charge in [-0.05, 0) is 108 Å². The maximum atomic E-state index is 13.3. The molecule has 1 aromatic rings. The maximum Gasteiger partial charge on any atom is 0.257 e. The standard InChI is InChI=1S/C33H45N3O2/c1-23-11-13-26(14-12-23)15-16-30-25(3)29(22-34-30)32(37)35-28-9-7-6-8-10-31(24(2)21-28)36-19-17-27(18-20-36)33(4,5)38/h9-14,21-22,27,30,38H,6-8,15-20H2,1-5H3,(H,35,37)/b24-21-,28-9+,31-10-. The van der Waals surface area contributed by atoms with Crippen molar-refractivity contribution < 1.29 is 9.90 Å². The highest BCUT2D eigenvalue weighted by molar-refractivity contribution is 6.14. The molecule has 2 aliphatic heterocycles. The Hall–Kier alpha value is -2.92. The molecule has 0 radical (unpaired) electrons. The number of hydrogen-bond donors (Lipinski definition) is 2. The quantitative estimate of drug-likeness (QED) is 0.455. The number of benzene rings is 1. The van der Waals surface area contributed by atoms with Crippen LogP contribution in [0.2, 0.25) is 0 Å². The van der Waals surface area contributed by atoms with Crippen LogP contribution in [0.15, 0.2) is 75.6 Å². The Morgan fingerprint density at radius 3 is 2.45 bits per heavy atom. The number of allylic oxidation sites excluding steroid dienone is 4. The van der Waals surface area contributed by atoms with Gasteiger partial charge in [-0.25, -0.2) is 0 Å². The van der Waals surface area contributed by atoms with Crippen molar-refractivity contribution in [3.05, 3.63) is 81.7 Å². The van der Waals surface area contributed by atoms with Gasteiger partial charge in [0.25, 0.3) is 5.91 Å². The third kappa shape index (κ3) is 7.13. The van der Waals surface area contributed by atoms with Gasteiger partial charge in [0.05, 0.1) is 17.2 Å². The second-order valence-electron chi connectivity index (χ2n) is 11.8. The largest absolute Gasteiger partial charge is 0.390 e. The summed E-state index contributed by atoms with van der Waals surface area (Å²) >= 11 is 0. The Bertz CT molecular complexity index is 1150. The van der Waals surface area contributed by atoms with Gasteiger partial charge in [0.1, 0.15) is 0 Å². The van der Waals surface area contributed by atoms with Crippen LogP contribution < -0.4 is 5.32 Å². The van der Waals surface area contributed by atoms with E-state index in [4.69, 9.17) is 0 Å². The maximum absolute atomic E-state index is 13.3. The van der Waals surface area contributed by atoms with Gasteiger partial charge in [0.15, 0.2) is 0 Å². The molecule has 1 aromatic carbocycles. The van der Waals surface area contributed by atoms with Crippen molar-refractivity contribution in [2.45, 2.75) is 91.2 Å². The molecule has 3 aliphatic rings. The van der Waals surface area contributed by atoms with Crippen LogP contribution in [0.3, 0.4) is 0 Å². The Labute approximate surface area is 229 Å². The van der Waals surface area contributed by atoms with Gasteiger partial charge in [0.2, 0.25) is 0 Å². The average molecular weight is 516 g/mol. The van der Waals surface area contributed by atoms with Crippen molar-refractivity contribution in [2.24, 2.45) is 10.9 Å². The predicted molar refractivity (Wildman–Crippen MR) is 157 cm³/mol. The number of aliphatic imine (C=N–C) groups is 1. The molecule has 1 atom stereocenters. The molecule has 0 bridgehead atoms. The lowest BCUT2D eigenvalue weighted by molar-refractivity contribution is -0.116. The van der Waals surface area contributed by atoms with E-state index in [-0.39, 0.29) is 11.9 Å². The van der Waals surface area contributed by atoms with Crippen molar-refractivity contribution in [1.82, 2.24) is 10.2 Å². The Balaban J connectivity index is 1.40. The predicted octanol–water partition coefficient (Wildman–Crippen LogP) is 6.19. The first-order valence-corrected chi connectivity index (χ1v) is 14.3. The van der Waals surface area contributed by atoms with Crippen LogP contribution in [-0.2, 0) is 11.2 Å². The number of nitrogens with one attached hydrogen (secondary N) is 1. The number of carbonyl (C=O) groups is 1. The second kappa shape index (κ2) is 12.3. The molecule has 0 aromatic heterocycles. The number of carbonyl (C=O) groups excluding carboxylic acids is 1. The Morgan fingerprint density at radius 2 is 1.76 bits per heavy atom. The molecular weight excluding hydrogens is 470 g/mol. The number of amides is 1. The molecular formula is C33H45N3O2. The van der Waals surface area contributed by atoms with Gasteiger partial charge in [-0.2, -0.15) is 0 Å². The van der Waals surface area contributed by atoms with Crippen molar-refractivity contribution in [3.8, 4) is 0 Å². The fourth-order valence-corrected chi connectivity index (χ4v) is 5.78. The van der Waals surface area contributed by atoms with Gasteiger partial charge in [-0.15, -0.1) is 0 Å². The van der Waals surface area contributed by atoms with Gasteiger partial charge in [-0.3, -0.25) is 9.79 Å². The van der Waals surface area contributed by atoms with Gasteiger partial charge >= 0.3 is 0 Å². The van der Waals surface area contributed by atoms with Crippen molar-refractivity contribution in [3.63, 3.8) is 0 Å². The molecule has 204 valence electrons. The monoisotopic (exact) mass is 515 g/mol. The lowest BCUT2D eigenvalue weighted by atomic mass is 9.83. The van der Waals surface area contributed by atoms with E-state index < -0.39 is 5.60 Å². The molecule has 1 saturated heterocycles. The van der Waals surface area contributed by atoms with E-state index in [9.17, 15) is 9.90 Å². The number of nitrogens with zero attached hydrogens (tertiary/aromatic N) is 2. The van der Waals surface area contributed by atoms with E-state index in [1.165, 1.54) is 22.4 Å². The normalized spacial score (nSPS) is 25.5. The Morgan fingerprint density at radius 1 is 1.08 bits per heavy atom. The molecule has 2 N–H and O–H groups in total. The highest BCUT2D eigenvalue weighted by atomic mass is 16.3. The summed E-state index contributed by atoms with van der Waals surface area (Å²) < 4.78 is 0.